The predicted octanol–water partition coefficient (Wildman–Crippen LogP) is 1.17. The largest absolute Gasteiger partial charge is 0.272 e. The summed E-state index contributed by atoms with van der Waals surface area (Å²) in [5.74, 6) is -1.14. The van der Waals surface area contributed by atoms with Crippen molar-refractivity contribution in [1.29, 1.82) is 0 Å². The molecule has 5 heteroatoms. The van der Waals surface area contributed by atoms with Gasteiger partial charge in [0.25, 0.3) is 5.91 Å². The number of nitrogens with zero attached hydrogens (tertiary/aromatic N) is 2. The molecular formula is C5H6F2N2O. The maximum Gasteiger partial charge on any atom is 0.256 e. The number of hydrogen-bond acceptors (Lipinski definition) is 2. The van der Waals surface area contributed by atoms with Gasteiger partial charge in [-0.1, -0.05) is 14.2 Å². The number of halogens is 2. The highest BCUT2D eigenvalue weighted by molar-refractivity contribution is 5.98. The molecule has 3 nitrogen and oxygen atoms in total. The molecule has 0 saturated carbocycles. The maximum absolute atomic E-state index is 12.4. The quantitative estimate of drug-likeness (QED) is 0.474. The first-order chi connectivity index (χ1) is 4.75. The van der Waals surface area contributed by atoms with Gasteiger partial charge in [-0.05, 0) is 6.42 Å². The van der Waals surface area contributed by atoms with Gasteiger partial charge in [0.2, 0.25) is 0 Å². The molecule has 0 radical (unpaired) electrons. The summed E-state index contributed by atoms with van der Waals surface area (Å²) in [6.45, 7) is 0. The zero-order chi connectivity index (χ0) is 7.56. The van der Waals surface area contributed by atoms with Crippen LogP contribution in [-0.4, -0.2) is 16.9 Å². The molecule has 0 aliphatic carbocycles. The highest BCUT2D eigenvalue weighted by Gasteiger charge is 2.24. The topological polar surface area (TPSA) is 32.7 Å². The predicted molar refractivity (Wildman–Crippen MR) is 30.3 cm³/mol. The molecule has 0 aromatic carbocycles. The minimum absolute atomic E-state index is 0.134. The second kappa shape index (κ2) is 2.72. The van der Waals surface area contributed by atoms with Gasteiger partial charge in [0, 0.05) is 12.8 Å². The third kappa shape index (κ3) is 1.12. The lowest BCUT2D eigenvalue weighted by molar-refractivity contribution is -0.139. The zero-order valence-corrected chi connectivity index (χ0v) is 5.18. The van der Waals surface area contributed by atoms with E-state index in [9.17, 15) is 13.8 Å². The van der Waals surface area contributed by atoms with Crippen LogP contribution in [0.15, 0.2) is 5.21 Å². The molecule has 1 heterocycles. The minimum Gasteiger partial charge on any atom is -0.272 e. The molecule has 0 aromatic rings. The second-order valence-corrected chi connectivity index (χ2v) is 2.03. The zero-order valence-electron chi connectivity index (χ0n) is 5.18. The Morgan fingerprint density at radius 3 is 2.70 bits per heavy atom. The third-order valence-electron chi connectivity index (χ3n) is 1.33. The molecule has 1 rings (SSSR count). The molecular weight excluding hydrogens is 142 g/mol. The number of amidine groups is 1. The normalized spacial score (nSPS) is 24.0. The fourth-order valence-corrected chi connectivity index (χ4v) is 0.813. The van der Waals surface area contributed by atoms with Crippen molar-refractivity contribution in [2.24, 2.45) is 5.21 Å². The summed E-state index contributed by atoms with van der Waals surface area (Å²) in [4.78, 5) is 10.5. The minimum atomic E-state index is -0.720. The van der Waals surface area contributed by atoms with Crippen molar-refractivity contribution >= 4 is 11.7 Å². The second-order valence-electron chi connectivity index (χ2n) is 2.03. The standard InChI is InChI=1S/C5H6F2N2O/c6-8-4-2-1-3-5(10)9(4)7/h1-3H2/b8-4-. The average Bonchev–Trinajstić information content (AvgIpc) is 1.95. The van der Waals surface area contributed by atoms with Gasteiger partial charge in [-0.25, -0.2) is 0 Å². The first kappa shape index (κ1) is 7.11. The first-order valence-electron chi connectivity index (χ1n) is 2.92. The van der Waals surface area contributed by atoms with Crippen molar-refractivity contribution in [3.63, 3.8) is 0 Å². The number of carbonyl (C=O) groups is 1. The molecule has 0 atom stereocenters. The lowest BCUT2D eigenvalue weighted by Gasteiger charge is -2.16. The van der Waals surface area contributed by atoms with E-state index in [0.717, 1.165) is 0 Å². The summed E-state index contributed by atoms with van der Waals surface area (Å²) in [7, 11) is 0. The summed E-state index contributed by atoms with van der Waals surface area (Å²) < 4.78 is 23.8. The van der Waals surface area contributed by atoms with Crippen molar-refractivity contribution in [3.05, 3.63) is 0 Å². The van der Waals surface area contributed by atoms with Crippen LogP contribution in [0.1, 0.15) is 19.3 Å². The summed E-state index contributed by atoms with van der Waals surface area (Å²) in [5.41, 5.74) is 0. The van der Waals surface area contributed by atoms with Crippen LogP contribution >= 0.6 is 0 Å². The number of hydrogen-bond donors (Lipinski definition) is 0. The molecule has 1 fully saturated rings. The Labute approximate surface area is 56.2 Å². The summed E-state index contributed by atoms with van der Waals surface area (Å²) in [5, 5.41) is 1.89. The molecule has 0 spiro atoms. The fraction of sp³-hybridized carbons (Fsp3) is 0.600. The molecule has 1 aliphatic rings. The molecule has 0 aromatic heterocycles. The van der Waals surface area contributed by atoms with Crippen LogP contribution in [0.5, 0.6) is 0 Å². The van der Waals surface area contributed by atoms with Crippen molar-refractivity contribution in [2.75, 3.05) is 0 Å². The summed E-state index contributed by atoms with van der Waals surface area (Å²) in [6.07, 6.45) is 0.802. The van der Waals surface area contributed by atoms with Crippen LogP contribution in [0.3, 0.4) is 0 Å². The average molecular weight is 148 g/mol. The Bertz CT molecular complexity index is 180. The molecule has 10 heavy (non-hydrogen) atoms. The van der Waals surface area contributed by atoms with Gasteiger partial charge < -0.3 is 0 Å². The Morgan fingerprint density at radius 1 is 1.50 bits per heavy atom. The van der Waals surface area contributed by atoms with Gasteiger partial charge in [0.05, 0.1) is 0 Å². The molecule has 1 aliphatic heterocycles. The number of rotatable bonds is 0. The molecule has 0 unspecified atom stereocenters. The van der Waals surface area contributed by atoms with E-state index in [1.165, 1.54) is 0 Å². The van der Waals surface area contributed by atoms with Gasteiger partial charge >= 0.3 is 0 Å². The van der Waals surface area contributed by atoms with Crippen molar-refractivity contribution in [3.8, 4) is 0 Å². The van der Waals surface area contributed by atoms with Gasteiger partial charge in [0.15, 0.2) is 5.84 Å². The van der Waals surface area contributed by atoms with Crippen LogP contribution in [0.25, 0.3) is 0 Å². The highest BCUT2D eigenvalue weighted by atomic mass is 19.2. The van der Waals surface area contributed by atoms with E-state index < -0.39 is 11.7 Å². The molecule has 1 amide bonds. The third-order valence-corrected chi connectivity index (χ3v) is 1.33. The van der Waals surface area contributed by atoms with Crippen molar-refractivity contribution in [2.45, 2.75) is 19.3 Å². The van der Waals surface area contributed by atoms with Crippen molar-refractivity contribution in [1.82, 2.24) is 5.12 Å². The van der Waals surface area contributed by atoms with E-state index in [4.69, 9.17) is 0 Å². The van der Waals surface area contributed by atoms with Gasteiger partial charge in [-0.2, -0.15) is 0 Å². The molecule has 0 N–H and O–H groups in total. The Kier molecular flexibility index (Phi) is 1.94. The van der Waals surface area contributed by atoms with E-state index >= 15 is 0 Å². The van der Waals surface area contributed by atoms with Crippen LogP contribution in [-0.2, 0) is 4.79 Å². The van der Waals surface area contributed by atoms with Gasteiger partial charge in [-0.3, -0.25) is 4.79 Å². The fourth-order valence-electron chi connectivity index (χ4n) is 0.813. The smallest absolute Gasteiger partial charge is 0.256 e. The molecule has 56 valence electrons. The van der Waals surface area contributed by atoms with Gasteiger partial charge in [-0.15, -0.1) is 5.12 Å². The van der Waals surface area contributed by atoms with E-state index in [0.29, 0.717) is 6.42 Å². The van der Waals surface area contributed by atoms with Crippen LogP contribution < -0.4 is 0 Å². The lowest BCUT2D eigenvalue weighted by atomic mass is 10.1. The Balaban J connectivity index is 2.69. The molecule has 1 saturated heterocycles. The number of piperidine rings is 1. The maximum atomic E-state index is 12.4. The van der Waals surface area contributed by atoms with E-state index in [-0.39, 0.29) is 18.0 Å². The summed E-state index contributed by atoms with van der Waals surface area (Å²) in [6, 6.07) is 0. The first-order valence-corrected chi connectivity index (χ1v) is 2.92. The van der Waals surface area contributed by atoms with E-state index in [1.807, 2.05) is 0 Å². The monoisotopic (exact) mass is 148 g/mol. The summed E-state index contributed by atoms with van der Waals surface area (Å²) >= 11 is 0. The highest BCUT2D eigenvalue weighted by Crippen LogP contribution is 2.13. The number of carbonyl (C=O) groups excluding carboxylic acids is 1. The SMILES string of the molecule is O=C1CCC/C(=N/F)N1F. The van der Waals surface area contributed by atoms with Crippen molar-refractivity contribution < 1.29 is 13.8 Å². The van der Waals surface area contributed by atoms with E-state index in [2.05, 4.69) is 5.21 Å². The van der Waals surface area contributed by atoms with E-state index in [1.54, 1.807) is 0 Å². The van der Waals surface area contributed by atoms with Crippen LogP contribution in [0, 0.1) is 0 Å². The Hall–Kier alpha value is -1.00. The lowest BCUT2D eigenvalue weighted by Crippen LogP contribution is -2.33. The van der Waals surface area contributed by atoms with Crippen LogP contribution in [0.4, 0.5) is 8.96 Å². The van der Waals surface area contributed by atoms with Gasteiger partial charge in [0.1, 0.15) is 0 Å². The van der Waals surface area contributed by atoms with Crippen LogP contribution in [0.2, 0.25) is 0 Å². The Morgan fingerprint density at radius 2 is 2.20 bits per heavy atom. The molecule has 0 bridgehead atoms. The number of amides is 1.